The maximum atomic E-state index is 12.0. The third-order valence-corrected chi connectivity index (χ3v) is 3.44. The molecule has 0 aliphatic carbocycles. The first-order valence-electron chi connectivity index (χ1n) is 8.41. The van der Waals surface area contributed by atoms with Gasteiger partial charge in [0, 0.05) is 0 Å². The van der Waals surface area contributed by atoms with Gasteiger partial charge in [-0.2, -0.15) is 0 Å². The van der Waals surface area contributed by atoms with E-state index in [9.17, 15) is 9.59 Å². The van der Waals surface area contributed by atoms with Gasteiger partial charge in [0.1, 0.15) is 11.5 Å². The Hall–Kier alpha value is -3.02. The lowest BCUT2D eigenvalue weighted by Crippen LogP contribution is -2.29. The lowest BCUT2D eigenvalue weighted by Gasteiger charge is -2.15. The van der Waals surface area contributed by atoms with Crippen molar-refractivity contribution >= 4 is 17.6 Å². The number of hydrogen-bond acceptors (Lipinski definition) is 5. The van der Waals surface area contributed by atoms with Crippen molar-refractivity contribution in [2.75, 3.05) is 18.5 Å². The first-order chi connectivity index (χ1) is 12.5. The Kier molecular flexibility index (Phi) is 7.02. The lowest BCUT2D eigenvalue weighted by atomic mass is 10.2. The van der Waals surface area contributed by atoms with Crippen LogP contribution in [-0.4, -0.2) is 31.2 Å². The van der Waals surface area contributed by atoms with Crippen molar-refractivity contribution in [1.82, 2.24) is 0 Å². The summed E-state index contributed by atoms with van der Waals surface area (Å²) in [6.07, 6.45) is -0.819. The number of carbonyl (C=O) groups excluding carboxylic acids is 2. The van der Waals surface area contributed by atoms with Gasteiger partial charge in [-0.3, -0.25) is 4.79 Å². The summed E-state index contributed by atoms with van der Waals surface area (Å²) in [5, 5.41) is 2.66. The first kappa shape index (κ1) is 19.3. The van der Waals surface area contributed by atoms with E-state index in [0.717, 1.165) is 5.56 Å². The third-order valence-electron chi connectivity index (χ3n) is 3.44. The normalized spacial score (nSPS) is 11.3. The molecule has 0 aliphatic rings. The van der Waals surface area contributed by atoms with Crippen LogP contribution in [0.5, 0.6) is 11.5 Å². The molecule has 0 saturated carbocycles. The Balaban J connectivity index is 1.84. The topological polar surface area (TPSA) is 73.9 Å². The van der Waals surface area contributed by atoms with E-state index >= 15 is 0 Å². The van der Waals surface area contributed by atoms with Crippen LogP contribution >= 0.6 is 0 Å². The predicted octanol–water partition coefficient (Wildman–Crippen LogP) is 3.34. The van der Waals surface area contributed by atoms with Gasteiger partial charge in [0.2, 0.25) is 0 Å². The van der Waals surface area contributed by atoms with Crippen LogP contribution in [0.3, 0.4) is 0 Å². The van der Waals surface area contributed by atoms with E-state index in [2.05, 4.69) is 5.32 Å². The van der Waals surface area contributed by atoms with Crippen molar-refractivity contribution < 1.29 is 23.8 Å². The van der Waals surface area contributed by atoms with Crippen LogP contribution in [0.2, 0.25) is 0 Å². The number of esters is 1. The molecule has 0 spiro atoms. The number of carbonyl (C=O) groups is 2. The van der Waals surface area contributed by atoms with Gasteiger partial charge in [0.05, 0.1) is 12.3 Å². The predicted molar refractivity (Wildman–Crippen MR) is 98.5 cm³/mol. The van der Waals surface area contributed by atoms with E-state index in [0.29, 0.717) is 23.8 Å². The van der Waals surface area contributed by atoms with E-state index in [1.165, 1.54) is 0 Å². The fourth-order valence-corrected chi connectivity index (χ4v) is 2.23. The molecule has 2 aromatic rings. The number of para-hydroxylation sites is 2. The van der Waals surface area contributed by atoms with Crippen molar-refractivity contribution in [3.05, 3.63) is 54.1 Å². The van der Waals surface area contributed by atoms with Crippen LogP contribution in [-0.2, 0) is 14.3 Å². The van der Waals surface area contributed by atoms with E-state index in [4.69, 9.17) is 14.2 Å². The fourth-order valence-electron chi connectivity index (χ4n) is 2.23. The number of anilines is 1. The largest absolute Gasteiger partial charge is 0.492 e. The van der Waals surface area contributed by atoms with Gasteiger partial charge in [-0.25, -0.2) is 4.79 Å². The van der Waals surface area contributed by atoms with Gasteiger partial charge < -0.3 is 19.5 Å². The fraction of sp³-hybridized carbons (Fsp3) is 0.300. The summed E-state index contributed by atoms with van der Waals surface area (Å²) in [6.45, 7) is 5.44. The number of ether oxygens (including phenoxy) is 3. The zero-order chi connectivity index (χ0) is 18.9. The Morgan fingerprint density at radius 2 is 1.88 bits per heavy atom. The van der Waals surface area contributed by atoms with Crippen molar-refractivity contribution in [2.24, 2.45) is 0 Å². The Morgan fingerprint density at radius 3 is 2.62 bits per heavy atom. The van der Waals surface area contributed by atoms with E-state index in [1.807, 2.05) is 38.1 Å². The molecular weight excluding hydrogens is 334 g/mol. The Morgan fingerprint density at radius 1 is 1.12 bits per heavy atom. The molecule has 2 aromatic carbocycles. The van der Waals surface area contributed by atoms with Gasteiger partial charge in [0.25, 0.3) is 5.91 Å². The summed E-state index contributed by atoms with van der Waals surface area (Å²) in [5.74, 6) is 0.0726. The number of benzene rings is 2. The molecule has 138 valence electrons. The average molecular weight is 357 g/mol. The molecule has 26 heavy (non-hydrogen) atoms. The monoisotopic (exact) mass is 357 g/mol. The summed E-state index contributed by atoms with van der Waals surface area (Å²) >= 11 is 0. The van der Waals surface area contributed by atoms with Crippen LogP contribution in [0.1, 0.15) is 19.4 Å². The van der Waals surface area contributed by atoms with Crippen LogP contribution in [0.15, 0.2) is 48.5 Å². The third kappa shape index (κ3) is 5.81. The van der Waals surface area contributed by atoms with E-state index in [1.54, 1.807) is 31.2 Å². The van der Waals surface area contributed by atoms with Crippen LogP contribution in [0, 0.1) is 6.92 Å². The summed E-state index contributed by atoms with van der Waals surface area (Å²) in [7, 11) is 0. The molecule has 0 unspecified atom stereocenters. The highest BCUT2D eigenvalue weighted by atomic mass is 16.6. The summed E-state index contributed by atoms with van der Waals surface area (Å²) < 4.78 is 16.0. The van der Waals surface area contributed by atoms with Crippen LogP contribution < -0.4 is 14.8 Å². The molecule has 0 radical (unpaired) electrons. The van der Waals surface area contributed by atoms with Crippen LogP contribution in [0.25, 0.3) is 0 Å². The van der Waals surface area contributed by atoms with Gasteiger partial charge in [0.15, 0.2) is 12.7 Å². The summed E-state index contributed by atoms with van der Waals surface area (Å²) in [4.78, 5) is 24.0. The highest BCUT2D eigenvalue weighted by Gasteiger charge is 2.18. The molecule has 0 aliphatic heterocycles. The minimum absolute atomic E-state index is 0.402. The average Bonchev–Trinajstić information content (AvgIpc) is 2.61. The first-order valence-corrected chi connectivity index (χ1v) is 8.41. The van der Waals surface area contributed by atoms with Crippen molar-refractivity contribution in [1.29, 1.82) is 0 Å². The van der Waals surface area contributed by atoms with Crippen LogP contribution in [0.4, 0.5) is 5.69 Å². The summed E-state index contributed by atoms with van der Waals surface area (Å²) in [5.41, 5.74) is 1.55. The molecule has 0 fully saturated rings. The zero-order valence-electron chi connectivity index (χ0n) is 15.2. The maximum Gasteiger partial charge on any atom is 0.347 e. The molecule has 0 saturated heterocycles. The molecule has 2 rings (SSSR count). The second-order valence-corrected chi connectivity index (χ2v) is 5.66. The Labute approximate surface area is 153 Å². The van der Waals surface area contributed by atoms with Gasteiger partial charge in [-0.15, -0.1) is 0 Å². The minimum Gasteiger partial charge on any atom is -0.492 e. The Bertz CT molecular complexity index is 759. The van der Waals surface area contributed by atoms with E-state index < -0.39 is 24.6 Å². The molecule has 6 nitrogen and oxygen atoms in total. The highest BCUT2D eigenvalue weighted by Crippen LogP contribution is 2.23. The molecule has 0 bridgehead atoms. The minimum atomic E-state index is -0.819. The molecule has 0 heterocycles. The van der Waals surface area contributed by atoms with Gasteiger partial charge in [-0.05, 0) is 50.6 Å². The smallest absolute Gasteiger partial charge is 0.347 e. The number of amides is 1. The van der Waals surface area contributed by atoms with Crippen molar-refractivity contribution in [3.63, 3.8) is 0 Å². The highest BCUT2D eigenvalue weighted by molar-refractivity contribution is 5.94. The maximum absolute atomic E-state index is 12.0. The SMILES string of the molecule is CCOc1ccccc1NC(=O)COC(=O)[C@H](C)Oc1cccc(C)c1. The van der Waals surface area contributed by atoms with E-state index in [-0.39, 0.29) is 0 Å². The molecule has 1 amide bonds. The number of hydrogen-bond donors (Lipinski definition) is 1. The number of rotatable bonds is 8. The molecule has 1 atom stereocenters. The quantitative estimate of drug-likeness (QED) is 0.734. The van der Waals surface area contributed by atoms with Gasteiger partial charge in [-0.1, -0.05) is 24.3 Å². The van der Waals surface area contributed by atoms with Crippen molar-refractivity contribution in [2.45, 2.75) is 26.9 Å². The van der Waals surface area contributed by atoms with Gasteiger partial charge >= 0.3 is 5.97 Å². The standard InChI is InChI=1S/C20H23NO5/c1-4-24-18-11-6-5-10-17(18)21-19(22)13-25-20(23)15(3)26-16-9-7-8-14(2)12-16/h5-12,15H,4,13H2,1-3H3,(H,21,22)/t15-/m0/s1. The number of nitrogens with one attached hydrogen (secondary N) is 1. The second kappa shape index (κ2) is 9.46. The number of aryl methyl sites for hydroxylation is 1. The second-order valence-electron chi connectivity index (χ2n) is 5.66. The molecular formula is C20H23NO5. The molecule has 1 N–H and O–H groups in total. The molecule has 6 heteroatoms. The lowest BCUT2D eigenvalue weighted by molar-refractivity contribution is -0.153. The van der Waals surface area contributed by atoms with Crippen molar-refractivity contribution in [3.8, 4) is 11.5 Å². The summed E-state index contributed by atoms with van der Waals surface area (Å²) in [6, 6.07) is 14.4. The zero-order valence-corrected chi connectivity index (χ0v) is 15.2. The molecule has 0 aromatic heterocycles.